The molecule has 1 atom stereocenters. The van der Waals surface area contributed by atoms with Crippen molar-refractivity contribution in [2.24, 2.45) is 0 Å². The van der Waals surface area contributed by atoms with Gasteiger partial charge in [-0.3, -0.25) is 5.10 Å². The minimum absolute atomic E-state index is 0.133. The first-order valence-corrected chi connectivity index (χ1v) is 7.02. The molecule has 0 saturated carbocycles. The Morgan fingerprint density at radius 3 is 2.42 bits per heavy atom. The van der Waals surface area contributed by atoms with Gasteiger partial charge in [0.05, 0.1) is 5.69 Å². The molecule has 5 nitrogen and oxygen atoms in total. The Balaban J connectivity index is 1.88. The van der Waals surface area contributed by atoms with Gasteiger partial charge in [0.15, 0.2) is 23.3 Å². The number of pyridine rings is 1. The van der Waals surface area contributed by atoms with Gasteiger partial charge in [0.1, 0.15) is 11.9 Å². The number of nitrogens with one attached hydrogen (secondary N) is 2. The van der Waals surface area contributed by atoms with Crippen molar-refractivity contribution in [3.63, 3.8) is 0 Å². The van der Waals surface area contributed by atoms with Crippen LogP contribution in [0.2, 0.25) is 0 Å². The highest BCUT2D eigenvalue weighted by atomic mass is 19.2. The fourth-order valence-corrected chi connectivity index (χ4v) is 2.19. The molecule has 0 spiro atoms. The predicted molar refractivity (Wildman–Crippen MR) is 81.2 cm³/mol. The Bertz CT molecular complexity index is 858. The van der Waals surface area contributed by atoms with Crippen molar-refractivity contribution < 1.29 is 18.3 Å². The van der Waals surface area contributed by atoms with Gasteiger partial charge >= 0.3 is 0 Å². The number of halogens is 3. The van der Waals surface area contributed by atoms with Crippen LogP contribution in [-0.2, 0) is 0 Å². The molecule has 0 saturated heterocycles. The lowest BCUT2D eigenvalue weighted by atomic mass is 10.1. The van der Waals surface area contributed by atoms with E-state index in [0.29, 0.717) is 11.6 Å². The van der Waals surface area contributed by atoms with E-state index in [2.05, 4.69) is 20.5 Å². The van der Waals surface area contributed by atoms with Crippen molar-refractivity contribution in [3.8, 4) is 0 Å². The maximum Gasteiger partial charge on any atom is 0.194 e. The first-order valence-electron chi connectivity index (χ1n) is 7.02. The summed E-state index contributed by atoms with van der Waals surface area (Å²) in [6.45, 7) is 1.84. The number of nitrogens with zero attached hydrogens (tertiary/aromatic N) is 2. The summed E-state index contributed by atoms with van der Waals surface area (Å²) in [4.78, 5) is 4.18. The standard InChI is InChI=1S/C16H13F3N4O/c1-8-5-14(23-22-8)21-13-4-2-3-12(20-13)16(24)9-6-10(17)15(19)11(18)7-9/h2-7,16,24H,1H3,(H2,20,21,22,23). The topological polar surface area (TPSA) is 73.8 Å². The summed E-state index contributed by atoms with van der Waals surface area (Å²) in [5, 5.41) is 19.9. The molecule has 8 heteroatoms. The highest BCUT2D eigenvalue weighted by Crippen LogP contribution is 2.25. The number of aryl methyl sites for hydroxylation is 1. The molecule has 1 unspecified atom stereocenters. The molecule has 124 valence electrons. The Hall–Kier alpha value is -2.87. The second-order valence-electron chi connectivity index (χ2n) is 5.21. The number of aromatic nitrogens is 3. The Morgan fingerprint density at radius 2 is 1.79 bits per heavy atom. The van der Waals surface area contributed by atoms with Crippen LogP contribution in [0.4, 0.5) is 24.8 Å². The van der Waals surface area contributed by atoms with Crippen molar-refractivity contribution in [3.05, 3.63) is 70.8 Å². The van der Waals surface area contributed by atoms with Gasteiger partial charge in [-0.25, -0.2) is 18.2 Å². The Morgan fingerprint density at radius 1 is 1.08 bits per heavy atom. The molecular formula is C16H13F3N4O. The van der Waals surface area contributed by atoms with E-state index in [9.17, 15) is 18.3 Å². The summed E-state index contributed by atoms with van der Waals surface area (Å²) < 4.78 is 39.6. The lowest BCUT2D eigenvalue weighted by molar-refractivity contribution is 0.214. The smallest absolute Gasteiger partial charge is 0.194 e. The maximum atomic E-state index is 13.3. The zero-order valence-electron chi connectivity index (χ0n) is 12.5. The SMILES string of the molecule is Cc1cc(Nc2cccc(C(O)c3cc(F)c(F)c(F)c3)n2)n[nH]1. The molecule has 0 aliphatic rings. The van der Waals surface area contributed by atoms with E-state index < -0.39 is 23.6 Å². The molecule has 0 amide bonds. The zero-order chi connectivity index (χ0) is 17.3. The molecule has 24 heavy (non-hydrogen) atoms. The molecule has 2 aromatic heterocycles. The van der Waals surface area contributed by atoms with Crippen LogP contribution in [0.1, 0.15) is 23.1 Å². The molecule has 2 heterocycles. The molecule has 0 aliphatic carbocycles. The van der Waals surface area contributed by atoms with Crippen molar-refractivity contribution in [2.45, 2.75) is 13.0 Å². The van der Waals surface area contributed by atoms with Crippen LogP contribution in [0.5, 0.6) is 0 Å². The first kappa shape index (κ1) is 16.0. The predicted octanol–water partition coefficient (Wildman–Crippen LogP) is 3.36. The second kappa shape index (κ2) is 6.32. The third-order valence-electron chi connectivity index (χ3n) is 3.33. The molecule has 0 fully saturated rings. The lowest BCUT2D eigenvalue weighted by Crippen LogP contribution is -2.06. The third-order valence-corrected chi connectivity index (χ3v) is 3.33. The number of H-pyrrole nitrogens is 1. The summed E-state index contributed by atoms with van der Waals surface area (Å²) in [5.74, 6) is -3.40. The van der Waals surface area contributed by atoms with Gasteiger partial charge in [-0.2, -0.15) is 5.10 Å². The normalized spacial score (nSPS) is 12.2. The average molecular weight is 334 g/mol. The Labute approximate surface area is 135 Å². The minimum Gasteiger partial charge on any atom is -0.382 e. The lowest BCUT2D eigenvalue weighted by Gasteiger charge is -2.12. The van der Waals surface area contributed by atoms with Gasteiger partial charge in [0, 0.05) is 11.8 Å². The van der Waals surface area contributed by atoms with Gasteiger partial charge in [-0.1, -0.05) is 6.07 Å². The van der Waals surface area contributed by atoms with E-state index in [0.717, 1.165) is 17.8 Å². The number of aromatic amines is 1. The van der Waals surface area contributed by atoms with Crippen molar-refractivity contribution in [1.29, 1.82) is 0 Å². The Kier molecular flexibility index (Phi) is 4.22. The zero-order valence-corrected chi connectivity index (χ0v) is 12.5. The van der Waals surface area contributed by atoms with E-state index >= 15 is 0 Å². The molecule has 0 aliphatic heterocycles. The molecule has 3 N–H and O–H groups in total. The van der Waals surface area contributed by atoms with E-state index in [-0.39, 0.29) is 11.3 Å². The summed E-state index contributed by atoms with van der Waals surface area (Å²) in [6.07, 6.45) is -1.41. The number of aliphatic hydroxyl groups is 1. The average Bonchev–Trinajstić information content (AvgIpc) is 2.96. The maximum absolute atomic E-state index is 13.3. The van der Waals surface area contributed by atoms with Crippen LogP contribution in [0, 0.1) is 24.4 Å². The summed E-state index contributed by atoms with van der Waals surface area (Å²) >= 11 is 0. The van der Waals surface area contributed by atoms with Crippen LogP contribution < -0.4 is 5.32 Å². The molecule has 1 aromatic carbocycles. The van der Waals surface area contributed by atoms with Crippen molar-refractivity contribution in [1.82, 2.24) is 15.2 Å². The van der Waals surface area contributed by atoms with Crippen LogP contribution in [0.15, 0.2) is 36.4 Å². The number of hydrogen-bond acceptors (Lipinski definition) is 4. The third kappa shape index (κ3) is 3.23. The largest absolute Gasteiger partial charge is 0.382 e. The fraction of sp³-hybridized carbons (Fsp3) is 0.125. The van der Waals surface area contributed by atoms with Crippen LogP contribution in [-0.4, -0.2) is 20.3 Å². The van der Waals surface area contributed by atoms with E-state index in [1.807, 2.05) is 6.92 Å². The first-order chi connectivity index (χ1) is 11.4. The van der Waals surface area contributed by atoms with E-state index in [1.54, 1.807) is 18.2 Å². The second-order valence-corrected chi connectivity index (χ2v) is 5.21. The number of benzene rings is 1. The summed E-state index contributed by atoms with van der Waals surface area (Å²) in [6, 6.07) is 7.99. The van der Waals surface area contributed by atoms with Crippen molar-refractivity contribution in [2.75, 3.05) is 5.32 Å². The van der Waals surface area contributed by atoms with Gasteiger partial charge in [-0.15, -0.1) is 0 Å². The van der Waals surface area contributed by atoms with Crippen molar-refractivity contribution >= 4 is 11.6 Å². The fourth-order valence-electron chi connectivity index (χ4n) is 2.19. The van der Waals surface area contributed by atoms with Crippen LogP contribution in [0.3, 0.4) is 0 Å². The minimum atomic E-state index is -1.58. The molecule has 0 bridgehead atoms. The molecule has 0 radical (unpaired) electrons. The van der Waals surface area contributed by atoms with Gasteiger partial charge in [0.25, 0.3) is 0 Å². The highest BCUT2D eigenvalue weighted by molar-refractivity contribution is 5.52. The van der Waals surface area contributed by atoms with Gasteiger partial charge in [0.2, 0.25) is 0 Å². The van der Waals surface area contributed by atoms with Gasteiger partial charge in [-0.05, 0) is 36.8 Å². The highest BCUT2D eigenvalue weighted by Gasteiger charge is 2.18. The summed E-state index contributed by atoms with van der Waals surface area (Å²) in [7, 11) is 0. The molecule has 3 aromatic rings. The van der Waals surface area contributed by atoms with E-state index in [1.165, 1.54) is 6.07 Å². The number of aliphatic hydroxyl groups excluding tert-OH is 1. The van der Waals surface area contributed by atoms with Crippen LogP contribution in [0.25, 0.3) is 0 Å². The monoisotopic (exact) mass is 334 g/mol. The van der Waals surface area contributed by atoms with E-state index in [4.69, 9.17) is 0 Å². The number of rotatable bonds is 4. The van der Waals surface area contributed by atoms with Crippen LogP contribution >= 0.6 is 0 Å². The molecular weight excluding hydrogens is 321 g/mol. The quantitative estimate of drug-likeness (QED) is 0.640. The number of hydrogen-bond donors (Lipinski definition) is 3. The molecule has 3 rings (SSSR count). The summed E-state index contributed by atoms with van der Waals surface area (Å²) in [5.41, 5.74) is 0.871. The number of anilines is 2. The van der Waals surface area contributed by atoms with Gasteiger partial charge < -0.3 is 10.4 Å².